The molecule has 2 aromatic heterocycles. The number of anilines is 3. The molecule has 3 N–H and O–H groups in total. The van der Waals surface area contributed by atoms with Crippen LogP contribution in [-0.2, 0) is 4.79 Å². The molecule has 7 nitrogen and oxygen atoms in total. The minimum Gasteiger partial charge on any atom is -0.508 e. The number of nitrogens with one attached hydrogen (secondary N) is 2. The molecule has 2 heterocycles. The molecule has 116 valence electrons. The highest BCUT2D eigenvalue weighted by molar-refractivity contribution is 7.19. The number of thiazole rings is 1. The molecule has 0 aliphatic rings. The number of rotatable bonds is 4. The summed E-state index contributed by atoms with van der Waals surface area (Å²) in [6, 6.07) is 8.46. The van der Waals surface area contributed by atoms with E-state index < -0.39 is 0 Å². The first kappa shape index (κ1) is 14.9. The number of carbonyl (C=O) groups excluding carboxylic acids is 1. The Morgan fingerprint density at radius 2 is 2.13 bits per heavy atom. The van der Waals surface area contributed by atoms with Gasteiger partial charge < -0.3 is 15.7 Å². The normalized spacial score (nSPS) is 10.3. The zero-order chi connectivity index (χ0) is 16.2. The molecule has 0 saturated carbocycles. The molecule has 0 atom stereocenters. The first-order chi connectivity index (χ1) is 11.1. The SMILES string of the molecule is CC(=O)Nc1ncc(-c2ccnc(Nc3cccc(O)c3)n2)s1. The number of aromatic nitrogens is 3. The second kappa shape index (κ2) is 6.41. The Balaban J connectivity index is 1.82. The second-order valence-corrected chi connectivity index (χ2v) is 5.68. The zero-order valence-electron chi connectivity index (χ0n) is 12.1. The molecule has 8 heteroatoms. The van der Waals surface area contributed by atoms with Crippen LogP contribution < -0.4 is 10.6 Å². The van der Waals surface area contributed by atoms with E-state index in [1.54, 1.807) is 42.7 Å². The number of hydrogen-bond donors (Lipinski definition) is 3. The summed E-state index contributed by atoms with van der Waals surface area (Å²) >= 11 is 1.33. The number of hydrogen-bond acceptors (Lipinski definition) is 7. The predicted molar refractivity (Wildman–Crippen MR) is 88.8 cm³/mol. The fraction of sp³-hybridized carbons (Fsp3) is 0.0667. The molecule has 0 aliphatic carbocycles. The Bertz CT molecular complexity index is 849. The molecule has 1 aromatic carbocycles. The summed E-state index contributed by atoms with van der Waals surface area (Å²) in [6.07, 6.45) is 3.28. The van der Waals surface area contributed by atoms with Crippen LogP contribution in [0.2, 0.25) is 0 Å². The quantitative estimate of drug-likeness (QED) is 0.681. The van der Waals surface area contributed by atoms with Gasteiger partial charge in [-0.1, -0.05) is 17.4 Å². The van der Waals surface area contributed by atoms with E-state index in [4.69, 9.17) is 0 Å². The van der Waals surface area contributed by atoms with Crippen molar-refractivity contribution in [1.82, 2.24) is 15.0 Å². The monoisotopic (exact) mass is 327 g/mol. The van der Waals surface area contributed by atoms with Gasteiger partial charge in [-0.25, -0.2) is 15.0 Å². The van der Waals surface area contributed by atoms with Crippen LogP contribution in [0.25, 0.3) is 10.6 Å². The van der Waals surface area contributed by atoms with Crippen molar-refractivity contribution in [2.24, 2.45) is 0 Å². The van der Waals surface area contributed by atoms with Gasteiger partial charge in [0.2, 0.25) is 11.9 Å². The van der Waals surface area contributed by atoms with Crippen molar-refractivity contribution in [2.75, 3.05) is 10.6 Å². The Hall–Kier alpha value is -3.00. The minimum atomic E-state index is -0.167. The Morgan fingerprint density at radius 1 is 1.26 bits per heavy atom. The zero-order valence-corrected chi connectivity index (χ0v) is 13.0. The molecule has 3 rings (SSSR count). The topological polar surface area (TPSA) is 100 Å². The minimum absolute atomic E-state index is 0.161. The lowest BCUT2D eigenvalue weighted by Crippen LogP contribution is -2.04. The van der Waals surface area contributed by atoms with Gasteiger partial charge in [0.15, 0.2) is 5.13 Å². The van der Waals surface area contributed by atoms with E-state index in [1.165, 1.54) is 18.3 Å². The van der Waals surface area contributed by atoms with Crippen LogP contribution in [0.15, 0.2) is 42.7 Å². The summed E-state index contributed by atoms with van der Waals surface area (Å²) in [6.45, 7) is 1.43. The van der Waals surface area contributed by atoms with E-state index in [-0.39, 0.29) is 11.7 Å². The van der Waals surface area contributed by atoms with Gasteiger partial charge >= 0.3 is 0 Å². The first-order valence-electron chi connectivity index (χ1n) is 6.73. The van der Waals surface area contributed by atoms with E-state index >= 15 is 0 Å². The molecule has 0 saturated heterocycles. The summed E-state index contributed by atoms with van der Waals surface area (Å²) in [5, 5.41) is 15.7. The first-order valence-corrected chi connectivity index (χ1v) is 7.55. The molecule has 0 bridgehead atoms. The number of nitrogens with zero attached hydrogens (tertiary/aromatic N) is 3. The van der Waals surface area contributed by atoms with Crippen LogP contribution in [0.3, 0.4) is 0 Å². The van der Waals surface area contributed by atoms with Crippen molar-refractivity contribution in [3.8, 4) is 16.3 Å². The molecule has 0 unspecified atom stereocenters. The smallest absolute Gasteiger partial charge is 0.227 e. The number of aromatic hydroxyl groups is 1. The summed E-state index contributed by atoms with van der Waals surface area (Å²) < 4.78 is 0. The van der Waals surface area contributed by atoms with Crippen LogP contribution in [0.5, 0.6) is 5.75 Å². The highest BCUT2D eigenvalue weighted by Gasteiger charge is 2.08. The molecule has 0 fully saturated rings. The third-order valence-electron chi connectivity index (χ3n) is 2.80. The lowest BCUT2D eigenvalue weighted by atomic mass is 10.3. The predicted octanol–water partition coefficient (Wildman–Crippen LogP) is 3.01. The molecular weight excluding hydrogens is 314 g/mol. The number of phenols is 1. The van der Waals surface area contributed by atoms with Crippen LogP contribution in [0.4, 0.5) is 16.8 Å². The number of benzene rings is 1. The third-order valence-corrected chi connectivity index (χ3v) is 3.73. The van der Waals surface area contributed by atoms with Crippen molar-refractivity contribution in [1.29, 1.82) is 0 Å². The van der Waals surface area contributed by atoms with E-state index in [1.807, 2.05) is 0 Å². The number of phenolic OH excluding ortho intramolecular Hbond substituents is 1. The van der Waals surface area contributed by atoms with Crippen LogP contribution in [-0.4, -0.2) is 26.0 Å². The Morgan fingerprint density at radius 3 is 2.91 bits per heavy atom. The maximum atomic E-state index is 11.0. The van der Waals surface area contributed by atoms with Gasteiger partial charge in [-0.15, -0.1) is 0 Å². The van der Waals surface area contributed by atoms with E-state index in [2.05, 4.69) is 25.6 Å². The van der Waals surface area contributed by atoms with E-state index in [0.29, 0.717) is 22.5 Å². The van der Waals surface area contributed by atoms with Gasteiger partial charge in [0.05, 0.1) is 10.6 Å². The number of amides is 1. The third kappa shape index (κ3) is 3.80. The lowest BCUT2D eigenvalue weighted by Gasteiger charge is -2.05. The maximum Gasteiger partial charge on any atom is 0.227 e. The fourth-order valence-electron chi connectivity index (χ4n) is 1.87. The molecule has 1 amide bonds. The van der Waals surface area contributed by atoms with Crippen LogP contribution in [0, 0.1) is 0 Å². The van der Waals surface area contributed by atoms with Crippen LogP contribution >= 0.6 is 11.3 Å². The van der Waals surface area contributed by atoms with Crippen molar-refractivity contribution < 1.29 is 9.90 Å². The fourth-order valence-corrected chi connectivity index (χ4v) is 2.70. The molecule has 0 spiro atoms. The molecular formula is C15H13N5O2S. The highest BCUT2D eigenvalue weighted by Crippen LogP contribution is 2.28. The van der Waals surface area contributed by atoms with Crippen molar-refractivity contribution in [3.63, 3.8) is 0 Å². The van der Waals surface area contributed by atoms with Gasteiger partial charge in [0.1, 0.15) is 5.75 Å². The Kier molecular flexibility index (Phi) is 4.15. The number of carbonyl (C=O) groups is 1. The van der Waals surface area contributed by atoms with Crippen LogP contribution in [0.1, 0.15) is 6.92 Å². The van der Waals surface area contributed by atoms with Crippen molar-refractivity contribution in [2.45, 2.75) is 6.92 Å². The second-order valence-electron chi connectivity index (χ2n) is 4.65. The molecule has 3 aromatic rings. The average Bonchev–Trinajstić information content (AvgIpc) is 2.95. The summed E-state index contributed by atoms with van der Waals surface area (Å²) in [5.41, 5.74) is 1.38. The van der Waals surface area contributed by atoms with Gasteiger partial charge in [-0.3, -0.25) is 4.79 Å². The van der Waals surface area contributed by atoms with Crippen molar-refractivity contribution in [3.05, 3.63) is 42.7 Å². The van der Waals surface area contributed by atoms with E-state index in [0.717, 1.165) is 4.88 Å². The van der Waals surface area contributed by atoms with Crippen molar-refractivity contribution >= 4 is 34.0 Å². The standard InChI is InChI=1S/C15H13N5O2S/c1-9(21)18-15-17-8-13(23-15)12-5-6-16-14(20-12)19-10-3-2-4-11(22)7-10/h2-8,22H,1H3,(H,16,19,20)(H,17,18,21). The molecule has 0 aliphatic heterocycles. The largest absolute Gasteiger partial charge is 0.508 e. The molecule has 23 heavy (non-hydrogen) atoms. The van der Waals surface area contributed by atoms with Gasteiger partial charge in [-0.2, -0.15) is 0 Å². The van der Waals surface area contributed by atoms with Gasteiger partial charge in [-0.05, 0) is 18.2 Å². The maximum absolute atomic E-state index is 11.0. The highest BCUT2D eigenvalue weighted by atomic mass is 32.1. The molecule has 0 radical (unpaired) electrons. The van der Waals surface area contributed by atoms with E-state index in [9.17, 15) is 9.90 Å². The Labute approximate surface area is 136 Å². The summed E-state index contributed by atoms with van der Waals surface area (Å²) in [5.74, 6) is 0.399. The van der Waals surface area contributed by atoms with Gasteiger partial charge in [0, 0.05) is 31.1 Å². The van der Waals surface area contributed by atoms with Gasteiger partial charge in [0.25, 0.3) is 0 Å². The summed E-state index contributed by atoms with van der Waals surface area (Å²) in [7, 11) is 0. The average molecular weight is 327 g/mol. The lowest BCUT2D eigenvalue weighted by molar-refractivity contribution is -0.114. The summed E-state index contributed by atoms with van der Waals surface area (Å²) in [4.78, 5) is 24.6.